The highest BCUT2D eigenvalue weighted by Crippen LogP contribution is 2.25. The van der Waals surface area contributed by atoms with Gasteiger partial charge in [-0.2, -0.15) is 4.72 Å². The van der Waals surface area contributed by atoms with Crippen LogP contribution >= 0.6 is 27.5 Å². The molecule has 0 aromatic heterocycles. The molecule has 0 saturated heterocycles. The minimum absolute atomic E-state index is 0.0453. The van der Waals surface area contributed by atoms with Crippen LogP contribution in [0.4, 0.5) is 0 Å². The number of nitrogens with one attached hydrogen (secondary N) is 2. The number of carbonyl (C=O) groups excluding carboxylic acids is 1. The van der Waals surface area contributed by atoms with Crippen LogP contribution in [0.15, 0.2) is 27.6 Å². The second kappa shape index (κ2) is 7.40. The average Bonchev–Trinajstić information content (AvgIpc) is 2.38. The van der Waals surface area contributed by atoms with Crippen molar-refractivity contribution < 1.29 is 13.2 Å². The molecule has 1 rings (SSSR count). The van der Waals surface area contributed by atoms with Crippen LogP contribution in [0.1, 0.15) is 20.3 Å². The maximum Gasteiger partial charge on any atom is 0.241 e. The summed E-state index contributed by atoms with van der Waals surface area (Å²) in [5, 5.41) is 3.04. The normalized spacial score (nSPS) is 13.0. The molecule has 1 aromatic rings. The Morgan fingerprint density at radius 2 is 2.10 bits per heavy atom. The predicted octanol–water partition coefficient (Wildman–Crippen LogP) is 2.30. The lowest BCUT2D eigenvalue weighted by Crippen LogP contribution is -2.44. The number of amides is 1. The quantitative estimate of drug-likeness (QED) is 0.791. The van der Waals surface area contributed by atoms with Gasteiger partial charge in [0.15, 0.2) is 0 Å². The van der Waals surface area contributed by atoms with Crippen molar-refractivity contribution in [3.63, 3.8) is 0 Å². The van der Waals surface area contributed by atoms with Crippen molar-refractivity contribution in [3.05, 3.63) is 27.7 Å². The molecule has 0 spiro atoms. The Morgan fingerprint density at radius 3 is 2.65 bits per heavy atom. The molecule has 8 heteroatoms. The highest BCUT2D eigenvalue weighted by atomic mass is 79.9. The molecule has 1 atom stereocenters. The van der Waals surface area contributed by atoms with Crippen molar-refractivity contribution in [1.29, 1.82) is 0 Å². The summed E-state index contributed by atoms with van der Waals surface area (Å²) in [6.45, 7) is 3.92. The van der Waals surface area contributed by atoms with E-state index in [0.29, 0.717) is 16.0 Å². The van der Waals surface area contributed by atoms with Crippen LogP contribution in [0.3, 0.4) is 0 Å². The van der Waals surface area contributed by atoms with E-state index in [4.69, 9.17) is 11.6 Å². The standard InChI is InChI=1S/C12H16BrClN2O3S/c1-3-6-15-12(17)8(2)16-20(18,19)9-4-5-11(14)10(13)7-9/h4-5,7-8,16H,3,6H2,1-2H3,(H,15,17). The molecule has 1 aromatic carbocycles. The fraction of sp³-hybridized carbons (Fsp3) is 0.417. The minimum Gasteiger partial charge on any atom is -0.355 e. The summed E-state index contributed by atoms with van der Waals surface area (Å²) in [6.07, 6.45) is 0.787. The van der Waals surface area contributed by atoms with Gasteiger partial charge >= 0.3 is 0 Å². The van der Waals surface area contributed by atoms with Gasteiger partial charge in [0.1, 0.15) is 0 Å². The van der Waals surface area contributed by atoms with Crippen molar-refractivity contribution in [2.45, 2.75) is 31.2 Å². The van der Waals surface area contributed by atoms with E-state index >= 15 is 0 Å². The number of hydrogen-bond acceptors (Lipinski definition) is 3. The molecule has 0 aliphatic heterocycles. The molecule has 0 radical (unpaired) electrons. The Bertz CT molecular complexity index is 592. The van der Waals surface area contributed by atoms with E-state index in [1.165, 1.54) is 25.1 Å². The molecular formula is C12H16BrClN2O3S. The third-order valence-corrected chi connectivity index (χ3v) is 5.23. The first-order valence-electron chi connectivity index (χ1n) is 6.03. The van der Waals surface area contributed by atoms with Gasteiger partial charge in [-0.15, -0.1) is 0 Å². The van der Waals surface area contributed by atoms with Crippen LogP contribution < -0.4 is 10.0 Å². The van der Waals surface area contributed by atoms with E-state index in [2.05, 4.69) is 26.0 Å². The molecule has 0 aliphatic rings. The molecule has 112 valence electrons. The Labute approximate surface area is 132 Å². The van der Waals surface area contributed by atoms with Crippen molar-refractivity contribution in [1.82, 2.24) is 10.0 Å². The first-order chi connectivity index (χ1) is 9.27. The highest BCUT2D eigenvalue weighted by Gasteiger charge is 2.22. The van der Waals surface area contributed by atoms with Gasteiger partial charge in [0.25, 0.3) is 0 Å². The van der Waals surface area contributed by atoms with Crippen LogP contribution in [-0.2, 0) is 14.8 Å². The van der Waals surface area contributed by atoms with Gasteiger partial charge in [-0.1, -0.05) is 18.5 Å². The zero-order valence-corrected chi connectivity index (χ0v) is 14.3. The second-order valence-electron chi connectivity index (χ2n) is 4.21. The lowest BCUT2D eigenvalue weighted by Gasteiger charge is -2.14. The summed E-state index contributed by atoms with van der Waals surface area (Å²) in [5.74, 6) is -0.358. The molecule has 0 fully saturated rings. The smallest absolute Gasteiger partial charge is 0.241 e. The number of benzene rings is 1. The lowest BCUT2D eigenvalue weighted by molar-refractivity contribution is -0.122. The molecule has 0 bridgehead atoms. The van der Waals surface area contributed by atoms with Gasteiger partial charge < -0.3 is 5.32 Å². The van der Waals surface area contributed by atoms with Crippen LogP contribution in [0, 0.1) is 0 Å². The van der Waals surface area contributed by atoms with E-state index in [-0.39, 0.29) is 10.8 Å². The highest BCUT2D eigenvalue weighted by molar-refractivity contribution is 9.10. The van der Waals surface area contributed by atoms with Crippen LogP contribution in [-0.4, -0.2) is 26.9 Å². The SMILES string of the molecule is CCCNC(=O)C(C)NS(=O)(=O)c1ccc(Cl)c(Br)c1. The van der Waals surface area contributed by atoms with Crippen molar-refractivity contribution in [3.8, 4) is 0 Å². The van der Waals surface area contributed by atoms with E-state index in [0.717, 1.165) is 6.42 Å². The van der Waals surface area contributed by atoms with Gasteiger partial charge in [0.05, 0.1) is 16.0 Å². The van der Waals surface area contributed by atoms with Gasteiger partial charge in [-0.25, -0.2) is 8.42 Å². The van der Waals surface area contributed by atoms with Crippen molar-refractivity contribution in [2.75, 3.05) is 6.54 Å². The monoisotopic (exact) mass is 382 g/mol. The Morgan fingerprint density at radius 1 is 1.45 bits per heavy atom. The molecule has 5 nitrogen and oxygen atoms in total. The lowest BCUT2D eigenvalue weighted by atomic mass is 10.3. The van der Waals surface area contributed by atoms with Crippen molar-refractivity contribution in [2.24, 2.45) is 0 Å². The fourth-order valence-corrected chi connectivity index (χ4v) is 3.28. The summed E-state index contributed by atoms with van der Waals surface area (Å²) in [6, 6.07) is 3.40. The first kappa shape index (κ1) is 17.4. The van der Waals surface area contributed by atoms with Crippen LogP contribution in [0.5, 0.6) is 0 Å². The maximum absolute atomic E-state index is 12.1. The van der Waals surface area contributed by atoms with E-state index in [1.54, 1.807) is 0 Å². The van der Waals surface area contributed by atoms with Gasteiger partial charge in [-0.3, -0.25) is 4.79 Å². The Balaban J connectivity index is 2.84. The Kier molecular flexibility index (Phi) is 6.44. The number of hydrogen-bond donors (Lipinski definition) is 2. The molecule has 1 unspecified atom stereocenters. The zero-order valence-electron chi connectivity index (χ0n) is 11.1. The average molecular weight is 384 g/mol. The van der Waals surface area contributed by atoms with Crippen molar-refractivity contribution >= 4 is 43.5 Å². The number of halogens is 2. The first-order valence-corrected chi connectivity index (χ1v) is 8.68. The summed E-state index contributed by atoms with van der Waals surface area (Å²) >= 11 is 8.98. The molecule has 0 aliphatic carbocycles. The van der Waals surface area contributed by atoms with E-state index in [1.807, 2.05) is 6.92 Å². The van der Waals surface area contributed by atoms with E-state index in [9.17, 15) is 13.2 Å². The van der Waals surface area contributed by atoms with Gasteiger partial charge in [0.2, 0.25) is 15.9 Å². The molecule has 0 heterocycles. The molecule has 2 N–H and O–H groups in total. The maximum atomic E-state index is 12.1. The van der Waals surface area contributed by atoms with Crippen LogP contribution in [0.2, 0.25) is 5.02 Å². The number of sulfonamides is 1. The van der Waals surface area contributed by atoms with Gasteiger partial charge in [0, 0.05) is 11.0 Å². The molecule has 1 amide bonds. The third kappa shape index (κ3) is 4.73. The third-order valence-electron chi connectivity index (χ3n) is 2.48. The van der Waals surface area contributed by atoms with E-state index < -0.39 is 16.1 Å². The predicted molar refractivity (Wildman–Crippen MR) is 82.2 cm³/mol. The Hall–Kier alpha value is -0.630. The number of rotatable bonds is 6. The summed E-state index contributed by atoms with van der Waals surface area (Å²) < 4.78 is 27.1. The summed E-state index contributed by atoms with van der Waals surface area (Å²) in [4.78, 5) is 11.7. The summed E-state index contributed by atoms with van der Waals surface area (Å²) in [7, 11) is -3.77. The molecule has 20 heavy (non-hydrogen) atoms. The van der Waals surface area contributed by atoms with Gasteiger partial charge in [-0.05, 0) is 47.5 Å². The second-order valence-corrected chi connectivity index (χ2v) is 7.19. The largest absolute Gasteiger partial charge is 0.355 e. The fourth-order valence-electron chi connectivity index (χ4n) is 1.40. The summed E-state index contributed by atoms with van der Waals surface area (Å²) in [5.41, 5.74) is 0. The van der Waals surface area contributed by atoms with Crippen LogP contribution in [0.25, 0.3) is 0 Å². The molecule has 0 saturated carbocycles. The topological polar surface area (TPSA) is 75.3 Å². The number of carbonyl (C=O) groups is 1. The zero-order chi connectivity index (χ0) is 15.3. The molecular weight excluding hydrogens is 368 g/mol. The minimum atomic E-state index is -3.77.